The summed E-state index contributed by atoms with van der Waals surface area (Å²) in [5, 5.41) is 0. The van der Waals surface area contributed by atoms with Crippen LogP contribution in [0.2, 0.25) is 0 Å². The number of nitrogens with two attached hydrogens (primary N) is 1. The smallest absolute Gasteiger partial charge is 0.385 e. The van der Waals surface area contributed by atoms with Gasteiger partial charge >= 0.3 is 18.1 Å². The second-order valence-electron chi connectivity index (χ2n) is 2.44. The minimum atomic E-state index is -5.36. The average Bonchev–Trinajstić information content (AvgIpc) is 2.00. The zero-order chi connectivity index (χ0) is 12.2. The van der Waals surface area contributed by atoms with Gasteiger partial charge in [-0.25, -0.2) is 18.4 Å². The third-order valence-corrected chi connectivity index (χ3v) is 1.16. The highest BCUT2D eigenvalue weighted by Crippen LogP contribution is 2.17. The maximum Gasteiger partial charge on any atom is 0.491 e. The van der Waals surface area contributed by atoms with Crippen LogP contribution in [0.15, 0.2) is 0 Å². The highest BCUT2D eigenvalue weighted by atomic mass is 19.4. The molecule has 4 nitrogen and oxygen atoms in total. The Labute approximate surface area is 80.2 Å². The molecule has 0 aliphatic carbocycles. The number of carbonyl (C=O) groups is 2. The van der Waals surface area contributed by atoms with Crippen LogP contribution in [0.5, 0.6) is 0 Å². The highest BCUT2D eigenvalue weighted by Gasteiger charge is 2.43. The summed E-state index contributed by atoms with van der Waals surface area (Å²) >= 11 is 0. The van der Waals surface area contributed by atoms with Gasteiger partial charge in [0.25, 0.3) is 0 Å². The van der Waals surface area contributed by atoms with Crippen molar-refractivity contribution in [2.24, 2.45) is 5.73 Å². The summed E-state index contributed by atoms with van der Waals surface area (Å²) in [7, 11) is 0. The van der Waals surface area contributed by atoms with E-state index < -0.39 is 37.0 Å². The van der Waals surface area contributed by atoms with Crippen LogP contribution in [0.4, 0.5) is 22.0 Å². The minimum Gasteiger partial charge on any atom is -0.385 e. The Kier molecular flexibility index (Phi) is 4.59. The standard InChI is InChI=1S/C6H6F5NO3/c7-3(8)1-2(12)4(13)15-5(14)6(9,10)11/h2-3H,1,12H2/t2-/m0/s1. The number of hydrogen-bond donors (Lipinski definition) is 1. The van der Waals surface area contributed by atoms with Gasteiger partial charge in [0.15, 0.2) is 0 Å². The minimum absolute atomic E-state index is 1.18. The third kappa shape index (κ3) is 5.25. The lowest BCUT2D eigenvalue weighted by Crippen LogP contribution is -2.38. The number of hydrogen-bond acceptors (Lipinski definition) is 4. The molecule has 0 fully saturated rings. The molecule has 9 heteroatoms. The number of halogens is 5. The van der Waals surface area contributed by atoms with Crippen LogP contribution >= 0.6 is 0 Å². The van der Waals surface area contributed by atoms with Gasteiger partial charge < -0.3 is 10.5 Å². The van der Waals surface area contributed by atoms with Crippen molar-refractivity contribution in [3.05, 3.63) is 0 Å². The average molecular weight is 235 g/mol. The zero-order valence-electron chi connectivity index (χ0n) is 7.05. The molecule has 0 aromatic heterocycles. The molecule has 0 bridgehead atoms. The van der Waals surface area contributed by atoms with Crippen molar-refractivity contribution in [3.8, 4) is 0 Å². The first-order valence-electron chi connectivity index (χ1n) is 3.51. The van der Waals surface area contributed by atoms with Crippen molar-refractivity contribution in [2.45, 2.75) is 25.1 Å². The second-order valence-corrected chi connectivity index (χ2v) is 2.44. The topological polar surface area (TPSA) is 69.4 Å². The molecule has 0 unspecified atom stereocenters. The Morgan fingerprint density at radius 3 is 2.07 bits per heavy atom. The third-order valence-electron chi connectivity index (χ3n) is 1.16. The molecule has 0 amide bonds. The molecule has 0 aliphatic heterocycles. The summed E-state index contributed by atoms with van der Waals surface area (Å²) in [4.78, 5) is 20.6. The van der Waals surface area contributed by atoms with E-state index in [0.717, 1.165) is 0 Å². The molecule has 0 saturated heterocycles. The van der Waals surface area contributed by atoms with Crippen molar-refractivity contribution in [3.63, 3.8) is 0 Å². The van der Waals surface area contributed by atoms with Crippen molar-refractivity contribution in [2.75, 3.05) is 0 Å². The molecule has 0 aromatic rings. The Morgan fingerprint density at radius 2 is 1.73 bits per heavy atom. The first-order valence-corrected chi connectivity index (χ1v) is 3.51. The molecule has 0 heterocycles. The van der Waals surface area contributed by atoms with E-state index >= 15 is 0 Å². The van der Waals surface area contributed by atoms with Crippen LogP contribution in [0.25, 0.3) is 0 Å². The maximum absolute atomic E-state index is 11.6. The lowest BCUT2D eigenvalue weighted by Gasteiger charge is -2.10. The fourth-order valence-corrected chi connectivity index (χ4v) is 0.513. The predicted molar refractivity (Wildman–Crippen MR) is 35.8 cm³/mol. The van der Waals surface area contributed by atoms with Crippen molar-refractivity contribution >= 4 is 11.9 Å². The Balaban J connectivity index is 4.20. The van der Waals surface area contributed by atoms with E-state index in [-0.39, 0.29) is 0 Å². The van der Waals surface area contributed by atoms with Gasteiger partial charge in [0, 0.05) is 6.42 Å². The fraction of sp³-hybridized carbons (Fsp3) is 0.667. The number of ether oxygens (including phenoxy) is 1. The lowest BCUT2D eigenvalue weighted by molar-refractivity contribution is -0.202. The van der Waals surface area contributed by atoms with Gasteiger partial charge in [-0.3, -0.25) is 0 Å². The molecule has 0 rings (SSSR count). The van der Waals surface area contributed by atoms with Gasteiger partial charge in [-0.1, -0.05) is 0 Å². The second kappa shape index (κ2) is 5.01. The summed E-state index contributed by atoms with van der Waals surface area (Å²) in [6, 6.07) is -1.96. The number of alkyl halides is 5. The van der Waals surface area contributed by atoms with Crippen LogP contribution in [0.1, 0.15) is 6.42 Å². The number of rotatable bonds is 3. The SMILES string of the molecule is N[C@@H](CC(F)F)C(=O)OC(=O)C(F)(F)F. The fourth-order valence-electron chi connectivity index (χ4n) is 0.513. The van der Waals surface area contributed by atoms with Gasteiger partial charge in [-0.15, -0.1) is 0 Å². The van der Waals surface area contributed by atoms with E-state index in [1.54, 1.807) is 0 Å². The summed E-state index contributed by atoms with van der Waals surface area (Å²) in [6.45, 7) is 0. The van der Waals surface area contributed by atoms with Crippen LogP contribution in [-0.2, 0) is 14.3 Å². The predicted octanol–water partition coefficient (Wildman–Crippen LogP) is 0.601. The zero-order valence-corrected chi connectivity index (χ0v) is 7.05. The first kappa shape index (κ1) is 13.8. The van der Waals surface area contributed by atoms with Crippen molar-refractivity contribution in [1.29, 1.82) is 0 Å². The summed E-state index contributed by atoms with van der Waals surface area (Å²) in [5.41, 5.74) is 4.74. The lowest BCUT2D eigenvalue weighted by atomic mass is 10.2. The Hall–Kier alpha value is -1.25. The van der Waals surface area contributed by atoms with Crippen molar-refractivity contribution < 1.29 is 36.3 Å². The van der Waals surface area contributed by atoms with Gasteiger partial charge in [0.05, 0.1) is 0 Å². The van der Waals surface area contributed by atoms with Crippen LogP contribution in [0.3, 0.4) is 0 Å². The van der Waals surface area contributed by atoms with Crippen molar-refractivity contribution in [1.82, 2.24) is 0 Å². The summed E-state index contributed by atoms with van der Waals surface area (Å²) in [6.07, 6.45) is -9.52. The molecule has 1 atom stereocenters. The molecule has 0 aromatic carbocycles. The van der Waals surface area contributed by atoms with Gasteiger partial charge in [0.1, 0.15) is 6.04 Å². The monoisotopic (exact) mass is 235 g/mol. The van der Waals surface area contributed by atoms with Gasteiger partial charge in [0.2, 0.25) is 6.43 Å². The maximum atomic E-state index is 11.6. The molecule has 88 valence electrons. The summed E-state index contributed by atoms with van der Waals surface area (Å²) < 4.78 is 61.0. The van der Waals surface area contributed by atoms with Gasteiger partial charge in [-0.05, 0) is 0 Å². The van der Waals surface area contributed by atoms with Crippen LogP contribution in [0, 0.1) is 0 Å². The molecule has 15 heavy (non-hydrogen) atoms. The first-order chi connectivity index (χ1) is 6.64. The molecule has 2 N–H and O–H groups in total. The number of esters is 2. The molecule has 0 aliphatic rings. The van der Waals surface area contributed by atoms with E-state index in [2.05, 4.69) is 4.74 Å². The Morgan fingerprint density at radius 1 is 1.27 bits per heavy atom. The van der Waals surface area contributed by atoms with E-state index in [1.165, 1.54) is 0 Å². The number of carbonyl (C=O) groups excluding carboxylic acids is 2. The van der Waals surface area contributed by atoms with E-state index in [9.17, 15) is 31.5 Å². The Bertz CT molecular complexity index is 252. The van der Waals surface area contributed by atoms with E-state index in [4.69, 9.17) is 5.73 Å². The quantitative estimate of drug-likeness (QED) is 0.442. The molecule has 0 spiro atoms. The molecule has 0 radical (unpaired) electrons. The highest BCUT2D eigenvalue weighted by molar-refractivity contribution is 5.90. The van der Waals surface area contributed by atoms with Gasteiger partial charge in [-0.2, -0.15) is 13.2 Å². The van der Waals surface area contributed by atoms with E-state index in [0.29, 0.717) is 0 Å². The van der Waals surface area contributed by atoms with Crippen LogP contribution in [-0.4, -0.2) is 30.6 Å². The summed E-state index contributed by atoms with van der Waals surface area (Å²) in [5.74, 6) is -4.62. The van der Waals surface area contributed by atoms with Crippen LogP contribution < -0.4 is 5.73 Å². The molecular weight excluding hydrogens is 229 g/mol. The van der Waals surface area contributed by atoms with E-state index in [1.807, 2.05) is 0 Å². The molecule has 0 saturated carbocycles. The largest absolute Gasteiger partial charge is 0.491 e. The molecular formula is C6H6F5NO3. The normalized spacial score (nSPS) is 13.8.